The SMILES string of the molecule is COc1ccc(C(OC[C@H]2O[C@@H](n3cc(C)c(=O)[nH]c3=O)C[C@@H]2OP(Oc2ccc([N+](=O)[O-])cc2[N+](=O)[O-])N(C(C)C)C(C)C)(c2ccccc2)c2ccc(OC)cc2)cc1. The molecule has 322 valence electrons. The smallest absolute Gasteiger partial charge is 0.330 e. The summed E-state index contributed by atoms with van der Waals surface area (Å²) in [6, 6.07) is 27.4. The average molecular weight is 858 g/mol. The predicted molar refractivity (Wildman–Crippen MR) is 227 cm³/mol. The number of benzene rings is 4. The summed E-state index contributed by atoms with van der Waals surface area (Å²) in [6.07, 6.45) is -1.26. The highest BCUT2D eigenvalue weighted by atomic mass is 31.2. The number of nitro benzene ring substituents is 2. The van der Waals surface area contributed by atoms with Gasteiger partial charge < -0.3 is 28.0 Å². The first-order chi connectivity index (χ1) is 29.2. The van der Waals surface area contributed by atoms with Crippen LogP contribution in [0, 0.1) is 27.2 Å². The molecule has 61 heavy (non-hydrogen) atoms. The average Bonchev–Trinajstić information content (AvgIpc) is 3.64. The topological polar surface area (TPSA) is 200 Å². The highest BCUT2D eigenvalue weighted by molar-refractivity contribution is 7.45. The zero-order valence-corrected chi connectivity index (χ0v) is 35.6. The van der Waals surface area contributed by atoms with Crippen molar-refractivity contribution >= 4 is 19.9 Å². The maximum absolute atomic E-state index is 13.3. The van der Waals surface area contributed by atoms with Gasteiger partial charge in [0.1, 0.15) is 29.4 Å². The number of aromatic nitrogens is 2. The number of H-pyrrole nitrogens is 1. The lowest BCUT2D eigenvalue weighted by molar-refractivity contribution is -0.394. The van der Waals surface area contributed by atoms with E-state index in [1.54, 1.807) is 21.1 Å². The summed E-state index contributed by atoms with van der Waals surface area (Å²) in [5.41, 5.74) is -1.00. The lowest BCUT2D eigenvalue weighted by Crippen LogP contribution is -2.40. The molecule has 18 heteroatoms. The van der Waals surface area contributed by atoms with E-state index < -0.39 is 65.0 Å². The predicted octanol–water partition coefficient (Wildman–Crippen LogP) is 7.78. The van der Waals surface area contributed by atoms with Gasteiger partial charge in [0.25, 0.3) is 11.2 Å². The minimum atomic E-state index is -2.22. The van der Waals surface area contributed by atoms with Crippen LogP contribution in [0.1, 0.15) is 62.6 Å². The van der Waals surface area contributed by atoms with Gasteiger partial charge in [-0.2, -0.15) is 0 Å². The van der Waals surface area contributed by atoms with Crippen LogP contribution in [-0.2, 0) is 19.6 Å². The minimum absolute atomic E-state index is 0.0669. The van der Waals surface area contributed by atoms with Crippen LogP contribution in [0.5, 0.6) is 17.2 Å². The van der Waals surface area contributed by atoms with Crippen LogP contribution in [0.25, 0.3) is 0 Å². The van der Waals surface area contributed by atoms with E-state index >= 15 is 0 Å². The van der Waals surface area contributed by atoms with Crippen molar-refractivity contribution in [3.05, 3.63) is 167 Å². The quantitative estimate of drug-likeness (QED) is 0.0388. The first kappa shape index (κ1) is 44.6. The second-order valence-corrected chi connectivity index (χ2v) is 16.2. The van der Waals surface area contributed by atoms with Gasteiger partial charge >= 0.3 is 19.9 Å². The summed E-state index contributed by atoms with van der Waals surface area (Å²) in [5.74, 6) is 1.05. The Morgan fingerprint density at radius 1 is 0.852 bits per heavy atom. The molecule has 17 nitrogen and oxygen atoms in total. The first-order valence-corrected chi connectivity index (χ1v) is 20.6. The lowest BCUT2D eigenvalue weighted by Gasteiger charge is -2.38. The van der Waals surface area contributed by atoms with Crippen LogP contribution in [-0.4, -0.2) is 69.2 Å². The van der Waals surface area contributed by atoms with Gasteiger partial charge in [-0.3, -0.25) is 34.6 Å². The molecule has 2 heterocycles. The van der Waals surface area contributed by atoms with Crippen molar-refractivity contribution in [3.8, 4) is 17.2 Å². The third-order valence-electron chi connectivity index (χ3n) is 10.3. The molecule has 4 aromatic carbocycles. The van der Waals surface area contributed by atoms with E-state index in [1.165, 1.54) is 16.8 Å². The van der Waals surface area contributed by atoms with E-state index in [0.717, 1.165) is 28.8 Å². The molecule has 1 aliphatic rings. The molecule has 0 radical (unpaired) electrons. The van der Waals surface area contributed by atoms with E-state index in [0.29, 0.717) is 11.5 Å². The van der Waals surface area contributed by atoms with Crippen LogP contribution in [0.2, 0.25) is 0 Å². The number of hydrogen-bond acceptors (Lipinski definition) is 13. The fourth-order valence-electron chi connectivity index (χ4n) is 7.35. The van der Waals surface area contributed by atoms with E-state index in [4.69, 9.17) is 28.0 Å². The number of aromatic amines is 1. The standard InChI is InChI=1S/C43H48N5O12P/c1-27(2)46(28(3)4)61(59-37-22-17-33(47(51)52)23-36(37)48(53)54)60-38-24-40(45-25-29(5)41(49)44-42(45)50)58-39(38)26-57-43(30-11-9-8-10-12-30,31-13-18-34(55-6)19-14-31)32-15-20-35(56-7)21-16-32/h8-23,25,27-28,38-40H,24,26H2,1-7H3,(H,44,49,50)/t38-,39+,40+,61?/m0/s1. The van der Waals surface area contributed by atoms with Crippen LogP contribution in [0.3, 0.4) is 0 Å². The Morgan fingerprint density at radius 2 is 1.43 bits per heavy atom. The van der Waals surface area contributed by atoms with Crippen molar-refractivity contribution in [3.63, 3.8) is 0 Å². The molecule has 1 fully saturated rings. The molecular weight excluding hydrogens is 809 g/mol. The summed E-state index contributed by atoms with van der Waals surface area (Å²) in [5, 5.41) is 23.8. The van der Waals surface area contributed by atoms with Gasteiger partial charge in [-0.1, -0.05) is 54.6 Å². The number of non-ortho nitro benzene ring substituents is 1. The molecule has 0 spiro atoms. The Balaban J connectivity index is 1.47. The van der Waals surface area contributed by atoms with E-state index in [9.17, 15) is 29.8 Å². The van der Waals surface area contributed by atoms with E-state index in [-0.39, 0.29) is 36.4 Å². The van der Waals surface area contributed by atoms with Crippen molar-refractivity contribution in [1.82, 2.24) is 14.2 Å². The van der Waals surface area contributed by atoms with E-state index in [2.05, 4.69) is 4.98 Å². The third kappa shape index (κ3) is 9.66. The van der Waals surface area contributed by atoms with Crippen LogP contribution in [0.15, 0.2) is 113 Å². The molecule has 1 aliphatic heterocycles. The largest absolute Gasteiger partial charge is 0.497 e. The van der Waals surface area contributed by atoms with E-state index in [1.807, 2.05) is 111 Å². The van der Waals surface area contributed by atoms with Crippen molar-refractivity contribution < 1.29 is 37.8 Å². The summed E-state index contributed by atoms with van der Waals surface area (Å²) >= 11 is 0. The van der Waals surface area contributed by atoms with Gasteiger partial charge in [0.2, 0.25) is 5.75 Å². The summed E-state index contributed by atoms with van der Waals surface area (Å²) in [7, 11) is 0.947. The molecule has 0 bridgehead atoms. The number of rotatable bonds is 18. The van der Waals surface area contributed by atoms with Gasteiger partial charge in [-0.05, 0) is 81.6 Å². The minimum Gasteiger partial charge on any atom is -0.497 e. The highest BCUT2D eigenvalue weighted by Gasteiger charge is 2.46. The molecular formula is C43H48N5O12P. The van der Waals surface area contributed by atoms with Crippen molar-refractivity contribution in [2.45, 2.75) is 77.2 Å². The maximum Gasteiger partial charge on any atom is 0.330 e. The molecule has 1 unspecified atom stereocenters. The van der Waals surface area contributed by atoms with Gasteiger partial charge in [-0.15, -0.1) is 0 Å². The van der Waals surface area contributed by atoms with Crippen LogP contribution >= 0.6 is 8.53 Å². The fourth-order valence-corrected chi connectivity index (χ4v) is 9.13. The monoisotopic (exact) mass is 857 g/mol. The van der Waals surface area contributed by atoms with Crippen molar-refractivity contribution in [1.29, 1.82) is 0 Å². The number of nitrogens with zero attached hydrogens (tertiary/aromatic N) is 4. The maximum atomic E-state index is 13.3. The summed E-state index contributed by atoms with van der Waals surface area (Å²) in [4.78, 5) is 50.4. The second kappa shape index (κ2) is 19.2. The molecule has 0 saturated carbocycles. The molecule has 1 N–H and O–H groups in total. The zero-order chi connectivity index (χ0) is 44.0. The Kier molecular flexibility index (Phi) is 14.0. The number of ether oxygens (including phenoxy) is 4. The summed E-state index contributed by atoms with van der Waals surface area (Å²) in [6.45, 7) is 9.12. The second-order valence-electron chi connectivity index (χ2n) is 14.9. The number of aryl methyl sites for hydroxylation is 1. The van der Waals surface area contributed by atoms with Crippen molar-refractivity contribution in [2.75, 3.05) is 20.8 Å². The molecule has 1 saturated heterocycles. The van der Waals surface area contributed by atoms with Crippen molar-refractivity contribution in [2.24, 2.45) is 0 Å². The van der Waals surface area contributed by atoms with Gasteiger partial charge in [0, 0.05) is 36.3 Å². The Hall–Kier alpha value is -5.97. The first-order valence-electron chi connectivity index (χ1n) is 19.5. The molecule has 5 aromatic rings. The number of nitrogens with one attached hydrogen (secondary N) is 1. The third-order valence-corrected chi connectivity index (χ3v) is 12.4. The molecule has 4 atom stereocenters. The number of hydrogen-bond donors (Lipinski definition) is 1. The summed E-state index contributed by atoms with van der Waals surface area (Å²) < 4.78 is 41.4. The van der Waals surface area contributed by atoms with Gasteiger partial charge in [0.05, 0.1) is 42.8 Å². The fraction of sp³-hybridized carbons (Fsp3) is 0.349. The molecule has 0 aliphatic carbocycles. The Labute approximate surface area is 353 Å². The molecule has 0 amide bonds. The lowest BCUT2D eigenvalue weighted by atomic mass is 9.80. The Bertz CT molecular complexity index is 2370. The van der Waals surface area contributed by atoms with Crippen LogP contribution in [0.4, 0.5) is 11.4 Å². The normalized spacial score (nSPS) is 17.1. The molecule has 6 rings (SSSR count). The highest BCUT2D eigenvalue weighted by Crippen LogP contribution is 2.52. The Morgan fingerprint density at radius 3 is 1.95 bits per heavy atom. The van der Waals surface area contributed by atoms with Gasteiger partial charge in [0.15, 0.2) is 0 Å². The number of methoxy groups -OCH3 is 2. The van der Waals surface area contributed by atoms with Gasteiger partial charge in [-0.25, -0.2) is 9.46 Å². The number of nitro groups is 2. The van der Waals surface area contributed by atoms with Crippen LogP contribution < -0.4 is 25.2 Å². The zero-order valence-electron chi connectivity index (χ0n) is 34.8. The molecule has 1 aromatic heterocycles.